The van der Waals surface area contributed by atoms with Crippen molar-refractivity contribution in [2.24, 2.45) is 5.92 Å². The van der Waals surface area contributed by atoms with Crippen LogP contribution < -0.4 is 14.8 Å². The summed E-state index contributed by atoms with van der Waals surface area (Å²) in [6, 6.07) is 5.44. The van der Waals surface area contributed by atoms with Crippen LogP contribution in [0.4, 0.5) is 8.78 Å². The molecule has 0 saturated carbocycles. The van der Waals surface area contributed by atoms with Crippen molar-refractivity contribution in [1.82, 2.24) is 5.32 Å². The second-order valence-corrected chi connectivity index (χ2v) is 5.15. The van der Waals surface area contributed by atoms with Gasteiger partial charge in [0.1, 0.15) is 0 Å². The Labute approximate surface area is 125 Å². The molecular weight excluding hydrogens is 276 g/mol. The van der Waals surface area contributed by atoms with Gasteiger partial charge in [-0.2, -0.15) is 8.78 Å². The lowest BCUT2D eigenvalue weighted by molar-refractivity contribution is -0.0514. The molecule has 0 radical (unpaired) electrons. The number of rotatable bonds is 9. The summed E-state index contributed by atoms with van der Waals surface area (Å²) in [6.07, 6.45) is 1.11. The summed E-state index contributed by atoms with van der Waals surface area (Å²) in [5.74, 6) is 1.01. The maximum Gasteiger partial charge on any atom is 0.387 e. The number of hydrogen-bond donors (Lipinski definition) is 1. The van der Waals surface area contributed by atoms with E-state index >= 15 is 0 Å². The third-order valence-corrected chi connectivity index (χ3v) is 3.65. The van der Waals surface area contributed by atoms with Crippen LogP contribution in [0.5, 0.6) is 11.5 Å². The average Bonchev–Trinajstić information content (AvgIpc) is 2.46. The van der Waals surface area contributed by atoms with E-state index in [1.165, 1.54) is 6.07 Å². The summed E-state index contributed by atoms with van der Waals surface area (Å²) in [7, 11) is 0. The largest absolute Gasteiger partial charge is 0.490 e. The number of benzene rings is 1. The van der Waals surface area contributed by atoms with Crippen molar-refractivity contribution in [2.75, 3.05) is 6.61 Å². The first kappa shape index (κ1) is 17.7. The highest BCUT2D eigenvalue weighted by atomic mass is 19.3. The summed E-state index contributed by atoms with van der Waals surface area (Å²) in [5, 5.41) is 3.43. The maximum atomic E-state index is 12.3. The van der Waals surface area contributed by atoms with Crippen molar-refractivity contribution in [3.8, 4) is 11.5 Å². The Bertz CT molecular complexity index is 427. The normalized spacial score (nSPS) is 14.0. The van der Waals surface area contributed by atoms with Gasteiger partial charge in [0.2, 0.25) is 0 Å². The second kappa shape index (κ2) is 8.82. The predicted molar refractivity (Wildman–Crippen MR) is 80.0 cm³/mol. The molecule has 1 rings (SSSR count). The van der Waals surface area contributed by atoms with Gasteiger partial charge in [-0.15, -0.1) is 0 Å². The molecule has 5 heteroatoms. The first-order valence-electron chi connectivity index (χ1n) is 7.41. The molecule has 0 saturated heterocycles. The minimum atomic E-state index is -2.85. The third-order valence-electron chi connectivity index (χ3n) is 3.65. The summed E-state index contributed by atoms with van der Waals surface area (Å²) >= 11 is 0. The summed E-state index contributed by atoms with van der Waals surface area (Å²) in [5.41, 5.74) is 0.982. The zero-order chi connectivity index (χ0) is 15.8. The number of ether oxygens (including phenoxy) is 2. The molecule has 21 heavy (non-hydrogen) atoms. The van der Waals surface area contributed by atoms with Gasteiger partial charge in [0.25, 0.3) is 0 Å². The number of alkyl halides is 2. The van der Waals surface area contributed by atoms with E-state index in [0.29, 0.717) is 30.9 Å². The molecule has 0 amide bonds. The molecule has 120 valence electrons. The van der Waals surface area contributed by atoms with Crippen LogP contribution in [0.3, 0.4) is 0 Å². The molecule has 0 aromatic heterocycles. The van der Waals surface area contributed by atoms with Crippen LogP contribution in [-0.4, -0.2) is 19.3 Å². The van der Waals surface area contributed by atoms with Crippen molar-refractivity contribution in [1.29, 1.82) is 0 Å². The molecule has 1 N–H and O–H groups in total. The van der Waals surface area contributed by atoms with Crippen molar-refractivity contribution < 1.29 is 18.3 Å². The quantitative estimate of drug-likeness (QED) is 0.741. The maximum absolute atomic E-state index is 12.3. The van der Waals surface area contributed by atoms with E-state index in [0.717, 1.165) is 12.0 Å². The minimum Gasteiger partial charge on any atom is -0.490 e. The summed E-state index contributed by atoms with van der Waals surface area (Å²) < 4.78 is 34.5. The van der Waals surface area contributed by atoms with Gasteiger partial charge in [0.15, 0.2) is 11.5 Å². The molecule has 3 nitrogen and oxygen atoms in total. The molecule has 0 bridgehead atoms. The van der Waals surface area contributed by atoms with Gasteiger partial charge in [-0.1, -0.05) is 26.3 Å². The highest BCUT2D eigenvalue weighted by molar-refractivity contribution is 5.43. The number of nitrogens with one attached hydrogen (secondary N) is 1. The van der Waals surface area contributed by atoms with Gasteiger partial charge in [-0.25, -0.2) is 0 Å². The summed E-state index contributed by atoms with van der Waals surface area (Å²) in [4.78, 5) is 0. The van der Waals surface area contributed by atoms with Crippen LogP contribution in [0, 0.1) is 5.92 Å². The van der Waals surface area contributed by atoms with Gasteiger partial charge in [-0.05, 0) is 37.5 Å². The average molecular weight is 301 g/mol. The van der Waals surface area contributed by atoms with Crippen molar-refractivity contribution in [3.05, 3.63) is 23.8 Å². The topological polar surface area (TPSA) is 30.5 Å². The van der Waals surface area contributed by atoms with E-state index in [-0.39, 0.29) is 5.75 Å². The van der Waals surface area contributed by atoms with Gasteiger partial charge in [0.05, 0.1) is 6.61 Å². The number of hydrogen-bond acceptors (Lipinski definition) is 3. The van der Waals surface area contributed by atoms with Crippen LogP contribution in [-0.2, 0) is 6.54 Å². The van der Waals surface area contributed by atoms with Gasteiger partial charge < -0.3 is 14.8 Å². The third kappa shape index (κ3) is 5.87. The highest BCUT2D eigenvalue weighted by Crippen LogP contribution is 2.30. The smallest absolute Gasteiger partial charge is 0.387 e. The standard InChI is InChI=1S/C16H25F2NO2/c1-5-11(3)12(4)19-10-13-7-8-14(21-16(17)18)15(9-13)20-6-2/h7-9,11-12,16,19H,5-6,10H2,1-4H3. The van der Waals surface area contributed by atoms with Gasteiger partial charge in [0, 0.05) is 12.6 Å². The van der Waals surface area contributed by atoms with E-state index in [1.807, 2.05) is 6.92 Å². The molecular formula is C16H25F2NO2. The SMILES string of the molecule is CCOc1cc(CNC(C)C(C)CC)ccc1OC(F)F. The Morgan fingerprint density at radius 3 is 2.43 bits per heavy atom. The zero-order valence-electron chi connectivity index (χ0n) is 13.2. The lowest BCUT2D eigenvalue weighted by Gasteiger charge is -2.20. The van der Waals surface area contributed by atoms with E-state index in [1.54, 1.807) is 12.1 Å². The molecule has 2 atom stereocenters. The minimum absolute atomic E-state index is 0.0746. The second-order valence-electron chi connectivity index (χ2n) is 5.15. The van der Waals surface area contributed by atoms with Crippen molar-refractivity contribution >= 4 is 0 Å². The highest BCUT2D eigenvalue weighted by Gasteiger charge is 2.13. The molecule has 0 aliphatic rings. The fourth-order valence-electron chi connectivity index (χ4n) is 1.96. The number of halogens is 2. The van der Waals surface area contributed by atoms with Crippen LogP contribution in [0.25, 0.3) is 0 Å². The lowest BCUT2D eigenvalue weighted by Crippen LogP contribution is -2.31. The Morgan fingerprint density at radius 2 is 1.86 bits per heavy atom. The Balaban J connectivity index is 2.73. The molecule has 0 aliphatic heterocycles. The fourth-order valence-corrected chi connectivity index (χ4v) is 1.96. The predicted octanol–water partition coefficient (Wildman–Crippen LogP) is 4.21. The molecule has 0 spiro atoms. The van der Waals surface area contributed by atoms with Gasteiger partial charge in [-0.3, -0.25) is 0 Å². The molecule has 1 aromatic carbocycles. The van der Waals surface area contributed by atoms with Crippen LogP contribution >= 0.6 is 0 Å². The van der Waals surface area contributed by atoms with Crippen LogP contribution in [0.1, 0.15) is 39.7 Å². The van der Waals surface area contributed by atoms with Crippen molar-refractivity contribution in [3.63, 3.8) is 0 Å². The first-order chi connectivity index (χ1) is 9.97. The zero-order valence-corrected chi connectivity index (χ0v) is 13.2. The summed E-state index contributed by atoms with van der Waals surface area (Å²) in [6.45, 7) is 6.53. The molecule has 1 aromatic rings. The van der Waals surface area contributed by atoms with E-state index in [4.69, 9.17) is 4.74 Å². The lowest BCUT2D eigenvalue weighted by atomic mass is 10.0. The monoisotopic (exact) mass is 301 g/mol. The van der Waals surface area contributed by atoms with E-state index in [9.17, 15) is 8.78 Å². The van der Waals surface area contributed by atoms with Crippen LogP contribution in [0.2, 0.25) is 0 Å². The van der Waals surface area contributed by atoms with E-state index in [2.05, 4.69) is 30.8 Å². The van der Waals surface area contributed by atoms with Crippen LogP contribution in [0.15, 0.2) is 18.2 Å². The van der Waals surface area contributed by atoms with Crippen molar-refractivity contribution in [2.45, 2.75) is 53.3 Å². The first-order valence-corrected chi connectivity index (χ1v) is 7.41. The molecule has 0 aliphatic carbocycles. The molecule has 2 unspecified atom stereocenters. The molecule has 0 heterocycles. The Kier molecular flexibility index (Phi) is 7.43. The Morgan fingerprint density at radius 1 is 1.14 bits per heavy atom. The van der Waals surface area contributed by atoms with E-state index < -0.39 is 6.61 Å². The van der Waals surface area contributed by atoms with Gasteiger partial charge >= 0.3 is 6.61 Å². The molecule has 0 fully saturated rings. The Hall–Kier alpha value is -1.36. The fraction of sp³-hybridized carbons (Fsp3) is 0.625.